The van der Waals surface area contributed by atoms with Crippen molar-refractivity contribution in [3.8, 4) is 0 Å². The number of amidine groups is 2. The summed E-state index contributed by atoms with van der Waals surface area (Å²) < 4.78 is 0. The van der Waals surface area contributed by atoms with Gasteiger partial charge in [-0.05, 0) is 48.5 Å². The molecule has 0 atom stereocenters. The first-order valence-corrected chi connectivity index (χ1v) is 9.19. The summed E-state index contributed by atoms with van der Waals surface area (Å²) in [5, 5.41) is 16.2. The molecule has 0 amide bonds. The molecule has 3 rings (SSSR count). The summed E-state index contributed by atoms with van der Waals surface area (Å²) >= 11 is 5.82. The molecule has 1 aliphatic heterocycles. The zero-order valence-electron chi connectivity index (χ0n) is 15.9. The van der Waals surface area contributed by atoms with E-state index < -0.39 is 4.92 Å². The number of aliphatic imine (C=N–C) groups is 1. The van der Waals surface area contributed by atoms with Gasteiger partial charge in [-0.15, -0.1) is 0 Å². The maximum atomic E-state index is 11.7. The van der Waals surface area contributed by atoms with Gasteiger partial charge in [0, 0.05) is 19.3 Å². The quantitative estimate of drug-likeness (QED) is 0.272. The summed E-state index contributed by atoms with van der Waals surface area (Å²) in [6.45, 7) is 7.39. The number of halogens is 1. The van der Waals surface area contributed by atoms with Crippen LogP contribution in [0.3, 0.4) is 0 Å². The molecule has 0 spiro atoms. The topological polar surface area (TPSA) is 96.0 Å². The molecular weight excluding hydrogens is 380 g/mol. The Labute approximate surface area is 168 Å². The van der Waals surface area contributed by atoms with Gasteiger partial charge in [0.05, 0.1) is 17.3 Å². The normalized spacial score (nSPS) is 14.2. The van der Waals surface area contributed by atoms with E-state index >= 15 is 0 Å². The van der Waals surface area contributed by atoms with Gasteiger partial charge >= 0.3 is 5.84 Å². The molecular formula is C19H21ClN6O2. The van der Waals surface area contributed by atoms with Crippen LogP contribution in [0.1, 0.15) is 22.3 Å². The van der Waals surface area contributed by atoms with Gasteiger partial charge in [-0.2, -0.15) is 5.43 Å². The molecule has 1 aromatic heterocycles. The average Bonchev–Trinajstić information content (AvgIpc) is 3.06. The van der Waals surface area contributed by atoms with Crippen LogP contribution in [0, 0.1) is 30.9 Å². The van der Waals surface area contributed by atoms with E-state index in [1.807, 2.05) is 43.9 Å². The fraction of sp³-hybridized carbons (Fsp3) is 0.316. The number of hydrazone groups is 1. The molecule has 1 N–H and O–H groups in total. The van der Waals surface area contributed by atoms with Crippen LogP contribution < -0.4 is 5.43 Å². The van der Waals surface area contributed by atoms with Crippen molar-refractivity contribution < 1.29 is 4.92 Å². The lowest BCUT2D eigenvalue weighted by atomic mass is 10.1. The molecule has 28 heavy (non-hydrogen) atoms. The zero-order chi connectivity index (χ0) is 20.3. The molecule has 1 aromatic carbocycles. The minimum atomic E-state index is -0.511. The molecule has 0 fully saturated rings. The molecule has 146 valence electrons. The summed E-state index contributed by atoms with van der Waals surface area (Å²) in [5.74, 6) is -0.0475. The first-order chi connectivity index (χ1) is 13.3. The SMILES string of the molecule is Cc1cc(C)c(N/N=C(/C2=NCCN2Cc2ccc(Cl)nc2)[N+](=O)[O-])c(C)c1. The first kappa shape index (κ1) is 19.8. The number of nitro groups is 1. The van der Waals surface area contributed by atoms with Crippen molar-refractivity contribution in [2.24, 2.45) is 10.1 Å². The van der Waals surface area contributed by atoms with E-state index in [-0.39, 0.29) is 11.7 Å². The Bertz CT molecular complexity index is 932. The number of nitrogens with zero attached hydrogens (tertiary/aromatic N) is 5. The van der Waals surface area contributed by atoms with Gasteiger partial charge in [-0.25, -0.2) is 4.98 Å². The lowest BCUT2D eigenvalue weighted by Gasteiger charge is -2.18. The summed E-state index contributed by atoms with van der Waals surface area (Å²) in [5.41, 5.74) is 7.59. The van der Waals surface area contributed by atoms with Crippen molar-refractivity contribution in [3.05, 3.63) is 68.0 Å². The lowest BCUT2D eigenvalue weighted by Crippen LogP contribution is -2.37. The van der Waals surface area contributed by atoms with Gasteiger partial charge in [0.2, 0.25) is 5.84 Å². The van der Waals surface area contributed by atoms with Crippen LogP contribution in [0.15, 0.2) is 40.6 Å². The number of anilines is 1. The monoisotopic (exact) mass is 400 g/mol. The third-order valence-electron chi connectivity index (χ3n) is 4.42. The number of pyridine rings is 1. The Morgan fingerprint density at radius 2 is 2.04 bits per heavy atom. The van der Waals surface area contributed by atoms with E-state index in [4.69, 9.17) is 11.6 Å². The highest BCUT2D eigenvalue weighted by Gasteiger charge is 2.31. The van der Waals surface area contributed by atoms with E-state index in [2.05, 4.69) is 20.5 Å². The average molecular weight is 401 g/mol. The predicted octanol–water partition coefficient (Wildman–Crippen LogP) is 3.58. The Hall–Kier alpha value is -3.00. The number of rotatable bonds is 5. The molecule has 9 heteroatoms. The Kier molecular flexibility index (Phi) is 5.89. The first-order valence-electron chi connectivity index (χ1n) is 8.81. The zero-order valence-corrected chi connectivity index (χ0v) is 16.7. The van der Waals surface area contributed by atoms with Crippen molar-refractivity contribution in [2.45, 2.75) is 27.3 Å². The van der Waals surface area contributed by atoms with E-state index in [0.29, 0.717) is 24.8 Å². The molecule has 0 saturated heterocycles. The molecule has 0 aliphatic carbocycles. The van der Waals surface area contributed by atoms with Gasteiger partial charge in [-0.1, -0.05) is 35.4 Å². The van der Waals surface area contributed by atoms with Gasteiger partial charge in [-0.3, -0.25) is 4.99 Å². The highest BCUT2D eigenvalue weighted by molar-refractivity contribution is 6.37. The lowest BCUT2D eigenvalue weighted by molar-refractivity contribution is -0.346. The molecule has 2 aromatic rings. The van der Waals surface area contributed by atoms with Gasteiger partial charge in [0.15, 0.2) is 0 Å². The van der Waals surface area contributed by atoms with E-state index in [9.17, 15) is 10.1 Å². The summed E-state index contributed by atoms with van der Waals surface area (Å²) in [7, 11) is 0. The van der Waals surface area contributed by atoms with Gasteiger partial charge < -0.3 is 15.0 Å². The number of benzene rings is 1. The molecule has 0 saturated carbocycles. The number of nitrogens with one attached hydrogen (secondary N) is 1. The predicted molar refractivity (Wildman–Crippen MR) is 111 cm³/mol. The van der Waals surface area contributed by atoms with Crippen molar-refractivity contribution in [1.29, 1.82) is 0 Å². The maximum absolute atomic E-state index is 11.7. The second-order valence-electron chi connectivity index (χ2n) is 6.69. The highest BCUT2D eigenvalue weighted by Crippen LogP contribution is 2.22. The third-order valence-corrected chi connectivity index (χ3v) is 4.64. The molecule has 0 unspecified atom stereocenters. The number of hydrogen-bond donors (Lipinski definition) is 1. The van der Waals surface area contributed by atoms with E-state index in [1.165, 1.54) is 0 Å². The number of hydrogen-bond acceptors (Lipinski definition) is 7. The third kappa shape index (κ3) is 4.45. The van der Waals surface area contributed by atoms with Crippen molar-refractivity contribution in [2.75, 3.05) is 18.5 Å². The fourth-order valence-electron chi connectivity index (χ4n) is 3.21. The van der Waals surface area contributed by atoms with Crippen LogP contribution in [-0.4, -0.2) is 39.6 Å². The van der Waals surface area contributed by atoms with Crippen LogP contribution in [0.25, 0.3) is 0 Å². The van der Waals surface area contributed by atoms with Crippen molar-refractivity contribution in [3.63, 3.8) is 0 Å². The molecule has 1 aliphatic rings. The summed E-state index contributed by atoms with van der Waals surface area (Å²) in [6, 6.07) is 7.54. The minimum Gasteiger partial charge on any atom is -0.358 e. The molecule has 0 bridgehead atoms. The fourth-order valence-corrected chi connectivity index (χ4v) is 3.32. The smallest absolute Gasteiger partial charge is 0.358 e. The Morgan fingerprint density at radius 1 is 1.32 bits per heavy atom. The van der Waals surface area contributed by atoms with Crippen LogP contribution in [-0.2, 0) is 6.54 Å². The van der Waals surface area contributed by atoms with E-state index in [1.54, 1.807) is 12.3 Å². The Balaban J connectivity index is 1.84. The molecule has 0 radical (unpaired) electrons. The highest BCUT2D eigenvalue weighted by atomic mass is 35.5. The van der Waals surface area contributed by atoms with Crippen molar-refractivity contribution in [1.82, 2.24) is 9.88 Å². The molecule has 2 heterocycles. The van der Waals surface area contributed by atoms with Gasteiger partial charge in [0.1, 0.15) is 5.15 Å². The minimum absolute atomic E-state index is 0.259. The largest absolute Gasteiger partial charge is 0.430 e. The standard InChI is InChI=1S/C19H21ClN6O2/c1-12-8-13(2)17(14(3)9-12)23-24-19(26(27)28)18-21-6-7-25(18)11-15-4-5-16(20)22-10-15/h4-5,8-10,23H,6-7,11H2,1-3H3/b24-19-. The second-order valence-corrected chi connectivity index (χ2v) is 7.08. The number of aromatic nitrogens is 1. The van der Waals surface area contributed by atoms with Crippen LogP contribution in [0.5, 0.6) is 0 Å². The van der Waals surface area contributed by atoms with Crippen molar-refractivity contribution >= 4 is 29.0 Å². The van der Waals surface area contributed by atoms with E-state index in [0.717, 1.165) is 27.9 Å². The Morgan fingerprint density at radius 3 is 2.64 bits per heavy atom. The maximum Gasteiger partial charge on any atom is 0.430 e. The summed E-state index contributed by atoms with van der Waals surface area (Å²) in [6.07, 6.45) is 1.65. The van der Waals surface area contributed by atoms with Crippen LogP contribution in [0.2, 0.25) is 5.15 Å². The van der Waals surface area contributed by atoms with Crippen LogP contribution >= 0.6 is 11.6 Å². The van der Waals surface area contributed by atoms with Crippen LogP contribution in [0.4, 0.5) is 5.69 Å². The summed E-state index contributed by atoms with van der Waals surface area (Å²) in [4.78, 5) is 21.3. The molecule has 8 nitrogen and oxygen atoms in total. The second kappa shape index (κ2) is 8.35. The number of aryl methyl sites for hydroxylation is 3. The van der Waals surface area contributed by atoms with Gasteiger partial charge in [0.25, 0.3) is 0 Å².